The fourth-order valence-electron chi connectivity index (χ4n) is 5.82. The standard InChI is InChI=1S/C22H20Cl5NO3/c23-15-16(24)18(26)21(19(27)17(15)25)30-8-13-1-2-14(31-13)22(29)28-20-11-4-9-3-10(6-11)7-12(20)5-9/h1-2,9-12,20H,3-8H2,(H,28,29). The lowest BCUT2D eigenvalue weighted by molar-refractivity contribution is -0.0123. The van der Waals surface area contributed by atoms with E-state index in [1.165, 1.54) is 32.1 Å². The van der Waals surface area contributed by atoms with Gasteiger partial charge in [-0.1, -0.05) is 58.0 Å². The molecule has 0 atom stereocenters. The summed E-state index contributed by atoms with van der Waals surface area (Å²) in [6.45, 7) is -0.000944. The number of amides is 1. The van der Waals surface area contributed by atoms with Gasteiger partial charge in [0.05, 0.1) is 15.1 Å². The minimum absolute atomic E-state index is 0.000944. The molecule has 1 aromatic heterocycles. The van der Waals surface area contributed by atoms with Crippen molar-refractivity contribution in [2.45, 2.75) is 44.8 Å². The summed E-state index contributed by atoms with van der Waals surface area (Å²) in [7, 11) is 0. The van der Waals surface area contributed by atoms with Gasteiger partial charge < -0.3 is 14.5 Å². The van der Waals surface area contributed by atoms with Gasteiger partial charge in [0.2, 0.25) is 0 Å². The van der Waals surface area contributed by atoms with Gasteiger partial charge in [-0.25, -0.2) is 0 Å². The van der Waals surface area contributed by atoms with Gasteiger partial charge in [0.15, 0.2) is 11.5 Å². The number of nitrogens with one attached hydrogen (secondary N) is 1. The van der Waals surface area contributed by atoms with Crippen molar-refractivity contribution in [1.29, 1.82) is 0 Å². The number of carbonyl (C=O) groups excluding carboxylic acids is 1. The van der Waals surface area contributed by atoms with Crippen LogP contribution in [0.25, 0.3) is 0 Å². The van der Waals surface area contributed by atoms with E-state index >= 15 is 0 Å². The molecule has 6 rings (SSSR count). The number of rotatable bonds is 5. The highest BCUT2D eigenvalue weighted by Gasteiger charge is 2.48. The number of furan rings is 1. The topological polar surface area (TPSA) is 51.5 Å². The monoisotopic (exact) mass is 521 g/mol. The Morgan fingerprint density at radius 1 is 0.871 bits per heavy atom. The number of hydrogen-bond donors (Lipinski definition) is 1. The van der Waals surface area contributed by atoms with Crippen molar-refractivity contribution in [2.75, 3.05) is 0 Å². The molecule has 0 radical (unpaired) electrons. The first-order valence-corrected chi connectivity index (χ1v) is 12.2. The zero-order valence-corrected chi connectivity index (χ0v) is 20.2. The summed E-state index contributed by atoms with van der Waals surface area (Å²) in [6.07, 6.45) is 6.34. The third-order valence-electron chi connectivity index (χ3n) is 6.94. The van der Waals surface area contributed by atoms with Crippen LogP contribution in [0.15, 0.2) is 16.5 Å². The quantitative estimate of drug-likeness (QED) is 0.323. The van der Waals surface area contributed by atoms with Gasteiger partial charge in [-0.2, -0.15) is 0 Å². The Balaban J connectivity index is 1.24. The predicted molar refractivity (Wildman–Crippen MR) is 123 cm³/mol. The maximum atomic E-state index is 12.8. The maximum Gasteiger partial charge on any atom is 0.287 e. The number of ether oxygens (including phenoxy) is 1. The van der Waals surface area contributed by atoms with Crippen molar-refractivity contribution in [3.05, 3.63) is 48.8 Å². The van der Waals surface area contributed by atoms with Gasteiger partial charge >= 0.3 is 0 Å². The normalized spacial score (nSPS) is 28.7. The molecule has 1 N–H and O–H groups in total. The minimum Gasteiger partial charge on any atom is -0.482 e. The van der Waals surface area contributed by atoms with Gasteiger partial charge in [0.25, 0.3) is 5.91 Å². The Morgan fingerprint density at radius 2 is 1.42 bits per heavy atom. The van der Waals surface area contributed by atoms with Crippen LogP contribution in [0.5, 0.6) is 5.75 Å². The first-order chi connectivity index (χ1) is 14.8. The summed E-state index contributed by atoms with van der Waals surface area (Å²) in [5.74, 6) is 3.55. The lowest BCUT2D eigenvalue weighted by Crippen LogP contribution is -2.55. The van der Waals surface area contributed by atoms with E-state index in [9.17, 15) is 4.79 Å². The van der Waals surface area contributed by atoms with Crippen LogP contribution in [0, 0.1) is 23.7 Å². The number of benzene rings is 1. The fraction of sp³-hybridized carbons (Fsp3) is 0.500. The maximum absolute atomic E-state index is 12.8. The first kappa shape index (κ1) is 22.0. The van der Waals surface area contributed by atoms with E-state index < -0.39 is 0 Å². The average molecular weight is 524 g/mol. The molecule has 4 nitrogen and oxygen atoms in total. The van der Waals surface area contributed by atoms with E-state index in [0.29, 0.717) is 17.6 Å². The third kappa shape index (κ3) is 4.04. The van der Waals surface area contributed by atoms with Crippen LogP contribution < -0.4 is 10.1 Å². The minimum atomic E-state index is -0.183. The highest BCUT2D eigenvalue weighted by Crippen LogP contribution is 2.53. The second-order valence-corrected chi connectivity index (χ2v) is 10.8. The molecule has 0 saturated heterocycles. The van der Waals surface area contributed by atoms with Crippen LogP contribution in [0.3, 0.4) is 0 Å². The van der Waals surface area contributed by atoms with Gasteiger partial charge in [-0.15, -0.1) is 0 Å². The largest absolute Gasteiger partial charge is 0.482 e. The SMILES string of the molecule is O=C(NC1C2CC3CC(C2)CC1C3)c1ccc(COc2c(Cl)c(Cl)c(Cl)c(Cl)c2Cl)o1. The molecule has 1 heterocycles. The van der Waals surface area contributed by atoms with Crippen molar-refractivity contribution < 1.29 is 13.9 Å². The molecule has 166 valence electrons. The van der Waals surface area contributed by atoms with Crippen LogP contribution in [-0.4, -0.2) is 11.9 Å². The molecule has 1 aromatic carbocycles. The van der Waals surface area contributed by atoms with E-state index in [2.05, 4.69) is 5.32 Å². The van der Waals surface area contributed by atoms with Crippen molar-refractivity contribution in [3.8, 4) is 5.75 Å². The molecule has 0 aliphatic heterocycles. The smallest absolute Gasteiger partial charge is 0.287 e. The van der Waals surface area contributed by atoms with E-state index in [-0.39, 0.29) is 55.2 Å². The molecule has 1 amide bonds. The lowest BCUT2D eigenvalue weighted by atomic mass is 9.54. The summed E-state index contributed by atoms with van der Waals surface area (Å²) in [6, 6.07) is 3.59. The van der Waals surface area contributed by atoms with E-state index in [0.717, 1.165) is 11.8 Å². The third-order valence-corrected chi connectivity index (χ3v) is 9.18. The second-order valence-electron chi connectivity index (χ2n) is 8.88. The predicted octanol–water partition coefficient (Wildman–Crippen LogP) is 7.68. The van der Waals surface area contributed by atoms with E-state index in [1.807, 2.05) is 0 Å². The zero-order valence-electron chi connectivity index (χ0n) is 16.4. The van der Waals surface area contributed by atoms with Crippen molar-refractivity contribution in [3.63, 3.8) is 0 Å². The van der Waals surface area contributed by atoms with Gasteiger partial charge in [0, 0.05) is 6.04 Å². The molecule has 4 fully saturated rings. The summed E-state index contributed by atoms with van der Waals surface area (Å²) in [4.78, 5) is 12.8. The molecule has 2 aromatic rings. The van der Waals surface area contributed by atoms with Gasteiger partial charge in [-0.05, 0) is 67.9 Å². The molecule has 4 aliphatic rings. The molecule has 0 spiro atoms. The van der Waals surface area contributed by atoms with Gasteiger partial charge in [0.1, 0.15) is 22.4 Å². The average Bonchev–Trinajstić information content (AvgIpc) is 3.22. The molecule has 4 aliphatic carbocycles. The van der Waals surface area contributed by atoms with E-state index in [1.54, 1.807) is 12.1 Å². The number of hydrogen-bond acceptors (Lipinski definition) is 3. The molecular formula is C22H20Cl5NO3. The first-order valence-electron chi connectivity index (χ1n) is 10.4. The Labute approximate surface area is 205 Å². The van der Waals surface area contributed by atoms with Gasteiger partial charge in [-0.3, -0.25) is 4.79 Å². The summed E-state index contributed by atoms with van der Waals surface area (Å²) in [5, 5.41) is 3.54. The van der Waals surface area contributed by atoms with Crippen LogP contribution in [0.4, 0.5) is 0 Å². The Morgan fingerprint density at radius 3 is 2.00 bits per heavy atom. The summed E-state index contributed by atoms with van der Waals surface area (Å²) < 4.78 is 11.4. The Hall–Kier alpha value is -0.780. The van der Waals surface area contributed by atoms with Crippen LogP contribution in [0.2, 0.25) is 25.1 Å². The van der Waals surface area contributed by atoms with E-state index in [4.69, 9.17) is 67.2 Å². The fourth-order valence-corrected chi connectivity index (χ4v) is 7.05. The zero-order chi connectivity index (χ0) is 21.9. The number of halogens is 5. The highest BCUT2D eigenvalue weighted by molar-refractivity contribution is 6.55. The molecule has 4 bridgehead atoms. The van der Waals surface area contributed by atoms with Crippen molar-refractivity contribution in [2.24, 2.45) is 23.7 Å². The van der Waals surface area contributed by atoms with Crippen molar-refractivity contribution in [1.82, 2.24) is 5.32 Å². The molecule has 31 heavy (non-hydrogen) atoms. The Bertz CT molecular complexity index is 979. The van der Waals surface area contributed by atoms with Crippen LogP contribution in [0.1, 0.15) is 48.4 Å². The molecule has 0 unspecified atom stereocenters. The van der Waals surface area contributed by atoms with Crippen LogP contribution >= 0.6 is 58.0 Å². The lowest BCUT2D eigenvalue weighted by Gasteiger charge is -2.54. The molecular weight excluding hydrogens is 504 g/mol. The number of carbonyl (C=O) groups is 1. The Kier molecular flexibility index (Phi) is 6.07. The molecule has 9 heteroatoms. The van der Waals surface area contributed by atoms with Crippen LogP contribution in [-0.2, 0) is 6.61 Å². The van der Waals surface area contributed by atoms with Crippen molar-refractivity contribution >= 4 is 63.9 Å². The second kappa shape index (κ2) is 8.53. The summed E-state index contributed by atoms with van der Waals surface area (Å²) in [5.41, 5.74) is 0. The highest BCUT2D eigenvalue weighted by atomic mass is 35.5. The molecule has 4 saturated carbocycles. The summed E-state index contributed by atoms with van der Waals surface area (Å²) >= 11 is 30.5.